The second kappa shape index (κ2) is 4.84. The van der Waals surface area contributed by atoms with E-state index < -0.39 is 0 Å². The fourth-order valence-corrected chi connectivity index (χ4v) is 2.42. The molecule has 9 heteroatoms. The van der Waals surface area contributed by atoms with Gasteiger partial charge in [-0.2, -0.15) is 5.10 Å². The first-order valence-corrected chi connectivity index (χ1v) is 6.21. The van der Waals surface area contributed by atoms with Crippen molar-refractivity contribution in [1.29, 1.82) is 5.41 Å². The fourth-order valence-electron chi connectivity index (χ4n) is 1.49. The van der Waals surface area contributed by atoms with Crippen LogP contribution in [0, 0.1) is 19.3 Å². The van der Waals surface area contributed by atoms with Crippen molar-refractivity contribution in [2.24, 2.45) is 12.8 Å². The average Bonchev–Trinajstić information content (AvgIpc) is 2.65. The molecule has 0 saturated carbocycles. The normalized spacial score (nSPS) is 10.7. The Morgan fingerprint density at radius 1 is 1.42 bits per heavy atom. The number of aromatic nitrogens is 5. The number of nitrogen functional groups attached to an aromatic ring is 1. The molecule has 8 nitrogen and oxygen atoms in total. The van der Waals surface area contributed by atoms with Gasteiger partial charge >= 0.3 is 5.69 Å². The zero-order chi connectivity index (χ0) is 14.2. The highest BCUT2D eigenvalue weighted by atomic mass is 32.2. The third-order valence-electron chi connectivity index (χ3n) is 2.72. The summed E-state index contributed by atoms with van der Waals surface area (Å²) in [6.07, 6.45) is 0. The van der Waals surface area contributed by atoms with Crippen LogP contribution in [0.2, 0.25) is 0 Å². The molecule has 0 bridgehead atoms. The van der Waals surface area contributed by atoms with Crippen molar-refractivity contribution in [2.75, 3.05) is 0 Å². The van der Waals surface area contributed by atoms with E-state index in [1.807, 2.05) is 6.92 Å². The zero-order valence-corrected chi connectivity index (χ0v) is 11.5. The van der Waals surface area contributed by atoms with Gasteiger partial charge in [-0.05, 0) is 31.2 Å². The Morgan fingerprint density at radius 3 is 2.63 bits per heavy atom. The second-order valence-corrected chi connectivity index (χ2v) is 4.93. The smallest absolute Gasteiger partial charge is 0.343 e. The molecule has 0 radical (unpaired) electrons. The number of hydrogen-bond donors (Lipinski definition) is 3. The fraction of sp³-hybridized carbons (Fsp3) is 0.300. The van der Waals surface area contributed by atoms with E-state index in [-0.39, 0.29) is 11.5 Å². The van der Waals surface area contributed by atoms with E-state index >= 15 is 0 Å². The minimum absolute atomic E-state index is 0.0847. The molecule has 0 spiro atoms. The Morgan fingerprint density at radius 2 is 2.11 bits per heavy atom. The number of aromatic amines is 1. The molecule has 0 aromatic carbocycles. The standard InChI is InChI=1S/C10H13N7OS/c1-4-5(2)13-14-8(6(4)7(11)12)19-10-16-15-9(18)17(10)3/h1-3H3,(H3,11,12)(H,15,18). The predicted molar refractivity (Wildman–Crippen MR) is 70.5 cm³/mol. The number of aryl methyl sites for hydroxylation is 1. The summed E-state index contributed by atoms with van der Waals surface area (Å²) in [7, 11) is 1.59. The third kappa shape index (κ3) is 2.36. The Labute approximate surface area is 112 Å². The molecule has 2 aromatic rings. The molecular formula is C10H13N7OS. The summed E-state index contributed by atoms with van der Waals surface area (Å²) in [5.41, 5.74) is 7.30. The molecule has 0 unspecified atom stereocenters. The van der Waals surface area contributed by atoms with Crippen LogP contribution in [-0.2, 0) is 7.05 Å². The summed E-state index contributed by atoms with van der Waals surface area (Å²) >= 11 is 1.14. The van der Waals surface area contributed by atoms with Crippen LogP contribution >= 0.6 is 11.8 Å². The molecule has 0 amide bonds. The second-order valence-electron chi connectivity index (χ2n) is 3.98. The summed E-state index contributed by atoms with van der Waals surface area (Å²) in [4.78, 5) is 11.3. The first kappa shape index (κ1) is 13.3. The maximum absolute atomic E-state index is 11.3. The van der Waals surface area contributed by atoms with Crippen LogP contribution < -0.4 is 11.4 Å². The van der Waals surface area contributed by atoms with Gasteiger partial charge in [0.2, 0.25) is 0 Å². The minimum Gasteiger partial charge on any atom is -0.384 e. The van der Waals surface area contributed by atoms with E-state index in [1.165, 1.54) is 4.57 Å². The highest BCUT2D eigenvalue weighted by molar-refractivity contribution is 7.99. The van der Waals surface area contributed by atoms with E-state index in [0.29, 0.717) is 21.4 Å². The zero-order valence-electron chi connectivity index (χ0n) is 10.7. The molecule has 0 atom stereocenters. The predicted octanol–water partition coefficient (Wildman–Crippen LogP) is -0.0495. The van der Waals surface area contributed by atoms with Gasteiger partial charge in [-0.1, -0.05) is 0 Å². The van der Waals surface area contributed by atoms with E-state index in [9.17, 15) is 4.79 Å². The monoisotopic (exact) mass is 279 g/mol. The number of hydrogen-bond acceptors (Lipinski definition) is 6. The Bertz CT molecular complexity index is 702. The Balaban J connectivity index is 2.52. The summed E-state index contributed by atoms with van der Waals surface area (Å²) in [5.74, 6) is -0.0847. The van der Waals surface area contributed by atoms with Crippen LogP contribution in [0.25, 0.3) is 0 Å². The van der Waals surface area contributed by atoms with Gasteiger partial charge in [0, 0.05) is 7.05 Å². The van der Waals surface area contributed by atoms with Gasteiger partial charge in [0.1, 0.15) is 10.9 Å². The number of nitrogens with two attached hydrogens (primary N) is 1. The summed E-state index contributed by atoms with van der Waals surface area (Å²) < 4.78 is 1.35. The van der Waals surface area contributed by atoms with Crippen molar-refractivity contribution in [2.45, 2.75) is 24.0 Å². The molecule has 2 rings (SSSR count). The van der Waals surface area contributed by atoms with Crippen LogP contribution in [-0.4, -0.2) is 30.8 Å². The number of rotatable bonds is 3. The Kier molecular flexibility index (Phi) is 3.38. The minimum atomic E-state index is -0.316. The number of H-pyrrole nitrogens is 1. The molecule has 4 N–H and O–H groups in total. The van der Waals surface area contributed by atoms with Gasteiger partial charge in [0.25, 0.3) is 0 Å². The van der Waals surface area contributed by atoms with Crippen molar-refractivity contribution in [3.63, 3.8) is 0 Å². The maximum atomic E-state index is 11.3. The summed E-state index contributed by atoms with van der Waals surface area (Å²) in [5, 5.41) is 22.8. The first-order chi connectivity index (χ1) is 8.91. The highest BCUT2D eigenvalue weighted by Crippen LogP contribution is 2.27. The summed E-state index contributed by atoms with van der Waals surface area (Å²) in [6, 6.07) is 0. The molecule has 100 valence electrons. The van der Waals surface area contributed by atoms with E-state index in [0.717, 1.165) is 17.3 Å². The van der Waals surface area contributed by atoms with Crippen molar-refractivity contribution in [3.05, 3.63) is 27.3 Å². The van der Waals surface area contributed by atoms with Crippen molar-refractivity contribution < 1.29 is 0 Å². The molecule has 0 aliphatic rings. The van der Waals surface area contributed by atoms with Crippen LogP contribution in [0.3, 0.4) is 0 Å². The lowest BCUT2D eigenvalue weighted by Gasteiger charge is -2.10. The van der Waals surface area contributed by atoms with Crippen LogP contribution in [0.1, 0.15) is 16.8 Å². The average molecular weight is 279 g/mol. The quantitative estimate of drug-likeness (QED) is 0.534. The molecule has 0 aliphatic heterocycles. The van der Waals surface area contributed by atoms with E-state index in [4.69, 9.17) is 11.1 Å². The Hall–Kier alpha value is -2.16. The summed E-state index contributed by atoms with van der Waals surface area (Å²) in [6.45, 7) is 3.63. The highest BCUT2D eigenvalue weighted by Gasteiger charge is 2.17. The molecule has 19 heavy (non-hydrogen) atoms. The van der Waals surface area contributed by atoms with Gasteiger partial charge < -0.3 is 5.73 Å². The van der Waals surface area contributed by atoms with Gasteiger partial charge in [0.15, 0.2) is 5.16 Å². The van der Waals surface area contributed by atoms with Gasteiger partial charge in [-0.3, -0.25) is 9.98 Å². The molecule has 0 saturated heterocycles. The van der Waals surface area contributed by atoms with Crippen LogP contribution in [0.15, 0.2) is 15.0 Å². The molecule has 2 heterocycles. The number of nitrogens with zero attached hydrogens (tertiary/aromatic N) is 4. The third-order valence-corrected chi connectivity index (χ3v) is 3.75. The lowest BCUT2D eigenvalue weighted by Crippen LogP contribution is -2.17. The van der Waals surface area contributed by atoms with Crippen LogP contribution in [0.5, 0.6) is 0 Å². The van der Waals surface area contributed by atoms with Crippen LogP contribution in [0.4, 0.5) is 0 Å². The topological polar surface area (TPSA) is 126 Å². The van der Waals surface area contributed by atoms with E-state index in [1.54, 1.807) is 14.0 Å². The maximum Gasteiger partial charge on any atom is 0.343 e. The largest absolute Gasteiger partial charge is 0.384 e. The molecule has 0 aliphatic carbocycles. The van der Waals surface area contributed by atoms with Crippen molar-refractivity contribution in [1.82, 2.24) is 25.0 Å². The van der Waals surface area contributed by atoms with Gasteiger partial charge in [-0.15, -0.1) is 10.2 Å². The number of amidine groups is 1. The molecule has 2 aromatic heterocycles. The molecular weight excluding hydrogens is 266 g/mol. The van der Waals surface area contributed by atoms with E-state index in [2.05, 4.69) is 20.4 Å². The van der Waals surface area contributed by atoms with Crippen molar-refractivity contribution >= 4 is 17.6 Å². The molecule has 0 fully saturated rings. The van der Waals surface area contributed by atoms with Crippen molar-refractivity contribution in [3.8, 4) is 0 Å². The number of nitrogens with one attached hydrogen (secondary N) is 2. The first-order valence-electron chi connectivity index (χ1n) is 5.39. The van der Waals surface area contributed by atoms with Gasteiger partial charge in [0.05, 0.1) is 11.3 Å². The van der Waals surface area contributed by atoms with Gasteiger partial charge in [-0.25, -0.2) is 9.89 Å². The SMILES string of the molecule is Cc1nnc(Sc2n[nH]c(=O)n2C)c(C(=N)N)c1C. The lowest BCUT2D eigenvalue weighted by atomic mass is 10.1. The lowest BCUT2D eigenvalue weighted by molar-refractivity contribution is 0.762.